The monoisotopic (exact) mass is 882 g/mol. The Labute approximate surface area is 372 Å². The highest BCUT2D eigenvalue weighted by Crippen LogP contribution is 2.38. The molecule has 4 amide bonds. The Morgan fingerprint density at radius 1 is 0.594 bits per heavy atom. The Kier molecular flexibility index (Phi) is 15.1. The molecule has 2 aromatic carbocycles. The Morgan fingerprint density at radius 3 is 1.25 bits per heavy atom. The molecule has 2 fully saturated rings. The van der Waals surface area contributed by atoms with Gasteiger partial charge < -0.3 is 39.4 Å². The van der Waals surface area contributed by atoms with E-state index in [9.17, 15) is 28.8 Å². The van der Waals surface area contributed by atoms with Gasteiger partial charge in [0.1, 0.15) is 23.7 Å². The van der Waals surface area contributed by atoms with Crippen LogP contribution in [0.2, 0.25) is 0 Å². The van der Waals surface area contributed by atoms with Crippen LogP contribution < -0.4 is 10.6 Å². The van der Waals surface area contributed by atoms with Crippen LogP contribution in [0.3, 0.4) is 0 Å². The fourth-order valence-corrected chi connectivity index (χ4v) is 8.39. The molecule has 2 aliphatic rings. The summed E-state index contributed by atoms with van der Waals surface area (Å²) in [5, 5.41) is 5.31. The molecule has 18 nitrogen and oxygen atoms in total. The molecule has 0 radical (unpaired) electrons. The number of methoxy groups -OCH3 is 2. The molecule has 18 heteroatoms. The van der Waals surface area contributed by atoms with E-state index in [1.165, 1.54) is 23.4 Å². The summed E-state index contributed by atoms with van der Waals surface area (Å²) < 4.78 is 23.4. The molecule has 64 heavy (non-hydrogen) atoms. The van der Waals surface area contributed by atoms with E-state index in [1.807, 2.05) is 76.2 Å². The zero-order valence-electron chi connectivity index (χ0n) is 37.7. The lowest BCUT2D eigenvalue weighted by Gasteiger charge is -2.30. The topological polar surface area (TPSA) is 206 Å². The highest BCUT2D eigenvalue weighted by molar-refractivity contribution is 5.88. The van der Waals surface area contributed by atoms with E-state index < -0.39 is 48.5 Å². The number of nitrogens with one attached hydrogen (secondary N) is 2. The van der Waals surface area contributed by atoms with E-state index in [0.29, 0.717) is 72.9 Å². The zero-order valence-corrected chi connectivity index (χ0v) is 37.7. The number of ether oxygens (including phenoxy) is 4. The average Bonchev–Trinajstić information content (AvgIpc) is 4.13. The largest absolute Gasteiger partial charge is 0.453 e. The summed E-state index contributed by atoms with van der Waals surface area (Å²) in [5.74, 6) is -0.290. The summed E-state index contributed by atoms with van der Waals surface area (Å²) in [7, 11) is 2.49. The number of carbonyl (C=O) groups is 6. The fourth-order valence-electron chi connectivity index (χ4n) is 8.39. The van der Waals surface area contributed by atoms with Gasteiger partial charge in [0.25, 0.3) is 0 Å². The Morgan fingerprint density at radius 2 is 0.938 bits per heavy atom. The first-order valence-corrected chi connectivity index (χ1v) is 21.7. The van der Waals surface area contributed by atoms with Gasteiger partial charge in [-0.05, 0) is 62.5 Å². The number of benzene rings is 2. The van der Waals surface area contributed by atoms with Gasteiger partial charge in [-0.25, -0.2) is 38.3 Å². The van der Waals surface area contributed by atoms with Crippen molar-refractivity contribution in [1.82, 2.24) is 39.5 Å². The van der Waals surface area contributed by atoms with Gasteiger partial charge in [-0.15, -0.1) is 0 Å². The minimum absolute atomic E-state index is 0.131. The first-order valence-electron chi connectivity index (χ1n) is 21.7. The van der Waals surface area contributed by atoms with Crippen LogP contribution in [0.4, 0.5) is 19.2 Å². The third kappa shape index (κ3) is 9.75. The summed E-state index contributed by atoms with van der Waals surface area (Å²) in [6, 6.07) is 12.5. The standard InChI is InChI=1S/C46H58N8O10/c1-9-63-45(59)53-35(25-47-39(53)33-13-11-23-51(33)41(55)37(27(3)4)49-43(57)61-7)31-19-15-29(16-20-31)30-17-21-32(22-18-30)36-26-48-40(54(36)46(60)64-10-2)34-14-12-24-52(34)42(56)38(28(5)6)50-44(58)62-8/h15-22,25-28,33-34,37-38H,9-14,23-24H2,1-8H3,(H,49,57)(H,50,58)/t33-,34-,37+,38+/m1/s1. The number of alkyl carbamates (subject to hydrolysis) is 2. The lowest BCUT2D eigenvalue weighted by atomic mass is 10.0. The van der Waals surface area contributed by atoms with Crippen molar-refractivity contribution in [2.45, 2.75) is 91.4 Å². The number of hydrogen-bond acceptors (Lipinski definition) is 12. The molecule has 2 aromatic heterocycles. The highest BCUT2D eigenvalue weighted by atomic mass is 16.6. The fraction of sp³-hybridized carbons (Fsp3) is 0.478. The molecule has 2 saturated heterocycles. The van der Waals surface area contributed by atoms with E-state index in [-0.39, 0.29) is 36.9 Å². The number of imidazole rings is 2. The number of amides is 4. The van der Waals surface area contributed by atoms with Crippen LogP contribution in [0.25, 0.3) is 33.6 Å². The first kappa shape index (κ1) is 46.8. The van der Waals surface area contributed by atoms with Gasteiger partial charge in [0.2, 0.25) is 11.8 Å². The Bertz CT molecular complexity index is 2160. The number of rotatable bonds is 13. The molecule has 2 N–H and O–H groups in total. The predicted octanol–water partition coefficient (Wildman–Crippen LogP) is 7.18. The maximum absolute atomic E-state index is 13.9. The molecule has 342 valence electrons. The second-order valence-corrected chi connectivity index (χ2v) is 16.3. The van der Waals surface area contributed by atoms with Gasteiger partial charge in [-0.3, -0.25) is 9.59 Å². The second kappa shape index (κ2) is 20.6. The summed E-state index contributed by atoms with van der Waals surface area (Å²) in [5.41, 5.74) is 4.13. The van der Waals surface area contributed by atoms with Crippen LogP contribution in [0.5, 0.6) is 0 Å². The summed E-state index contributed by atoms with van der Waals surface area (Å²) in [4.78, 5) is 91.9. The number of aromatic nitrogens is 4. The van der Waals surface area contributed by atoms with Crippen molar-refractivity contribution in [3.63, 3.8) is 0 Å². The SMILES string of the molecule is CCOC(=O)n1c(-c2ccc(-c3ccc(-c4cnc([C@H]5CCCN5C(=O)[C@@H](NC(=O)OC)C(C)C)n4C(=O)OCC)cc3)cc2)cnc1[C@H]1CCCN1C(=O)[C@@H](NC(=O)OC)C(C)C. The lowest BCUT2D eigenvalue weighted by molar-refractivity contribution is -0.136. The third-order valence-corrected chi connectivity index (χ3v) is 11.6. The molecule has 4 aromatic rings. The van der Waals surface area contributed by atoms with Crippen molar-refractivity contribution in [2.24, 2.45) is 11.8 Å². The van der Waals surface area contributed by atoms with Crippen LogP contribution in [-0.4, -0.2) is 118 Å². The molecule has 2 aliphatic heterocycles. The van der Waals surface area contributed by atoms with Gasteiger partial charge in [0.05, 0.1) is 63.3 Å². The van der Waals surface area contributed by atoms with Crippen molar-refractivity contribution in [3.8, 4) is 33.6 Å². The van der Waals surface area contributed by atoms with Crippen molar-refractivity contribution in [3.05, 3.63) is 72.6 Å². The number of hydrogen-bond donors (Lipinski definition) is 2. The van der Waals surface area contributed by atoms with Crippen molar-refractivity contribution in [2.75, 3.05) is 40.5 Å². The summed E-state index contributed by atoms with van der Waals surface area (Å²) in [6.45, 7) is 11.9. The Hall–Kier alpha value is -6.72. The van der Waals surface area contributed by atoms with Crippen molar-refractivity contribution < 1.29 is 47.7 Å². The smallest absolute Gasteiger partial charge is 0.420 e. The van der Waals surface area contributed by atoms with Crippen LogP contribution in [0, 0.1) is 11.8 Å². The Balaban J connectivity index is 1.26. The van der Waals surface area contributed by atoms with Gasteiger partial charge in [-0.2, -0.15) is 0 Å². The van der Waals surface area contributed by atoms with Gasteiger partial charge in [-0.1, -0.05) is 76.2 Å². The average molecular weight is 883 g/mol. The minimum Gasteiger partial charge on any atom is -0.453 e. The van der Waals surface area contributed by atoms with Gasteiger partial charge in [0.15, 0.2) is 0 Å². The van der Waals surface area contributed by atoms with E-state index in [1.54, 1.807) is 36.0 Å². The normalized spacial score (nSPS) is 17.0. The summed E-state index contributed by atoms with van der Waals surface area (Å²) in [6.07, 6.45) is 3.05. The van der Waals surface area contributed by atoms with Crippen molar-refractivity contribution >= 4 is 36.2 Å². The van der Waals surface area contributed by atoms with E-state index in [0.717, 1.165) is 11.1 Å². The summed E-state index contributed by atoms with van der Waals surface area (Å²) >= 11 is 0. The lowest BCUT2D eigenvalue weighted by Crippen LogP contribution is -2.51. The molecule has 0 unspecified atom stereocenters. The molecule has 0 spiro atoms. The molecule has 0 saturated carbocycles. The first-order chi connectivity index (χ1) is 30.7. The van der Waals surface area contributed by atoms with Crippen LogP contribution in [0.1, 0.15) is 91.0 Å². The van der Waals surface area contributed by atoms with E-state index in [4.69, 9.17) is 18.9 Å². The molecule has 4 atom stereocenters. The third-order valence-electron chi connectivity index (χ3n) is 11.6. The molecule has 0 bridgehead atoms. The maximum Gasteiger partial charge on any atom is 0.420 e. The molecule has 0 aliphatic carbocycles. The van der Waals surface area contributed by atoms with Crippen molar-refractivity contribution in [1.29, 1.82) is 0 Å². The van der Waals surface area contributed by atoms with E-state index in [2.05, 4.69) is 20.6 Å². The van der Waals surface area contributed by atoms with E-state index >= 15 is 0 Å². The molecular formula is C46H58N8O10. The number of carbonyl (C=O) groups excluding carboxylic acids is 6. The number of likely N-dealkylation sites (tertiary alicyclic amines) is 2. The molecular weight excluding hydrogens is 825 g/mol. The second-order valence-electron chi connectivity index (χ2n) is 16.3. The zero-order chi connectivity index (χ0) is 46.2. The van der Waals surface area contributed by atoms with Crippen LogP contribution >= 0.6 is 0 Å². The van der Waals surface area contributed by atoms with Crippen LogP contribution in [-0.2, 0) is 28.5 Å². The minimum atomic E-state index is -0.834. The predicted molar refractivity (Wildman–Crippen MR) is 235 cm³/mol. The van der Waals surface area contributed by atoms with Gasteiger partial charge in [0, 0.05) is 24.2 Å². The molecule has 4 heterocycles. The van der Waals surface area contributed by atoms with Crippen LogP contribution in [0.15, 0.2) is 60.9 Å². The highest BCUT2D eigenvalue weighted by Gasteiger charge is 2.41. The molecule has 6 rings (SSSR count). The quantitative estimate of drug-likeness (QED) is 0.128. The maximum atomic E-state index is 13.9. The van der Waals surface area contributed by atoms with Gasteiger partial charge >= 0.3 is 24.4 Å². The number of nitrogens with zero attached hydrogens (tertiary/aromatic N) is 6.